The maximum absolute atomic E-state index is 16.0. The minimum atomic E-state index is -0.695. The van der Waals surface area contributed by atoms with Crippen molar-refractivity contribution in [2.45, 2.75) is 66.0 Å². The molecule has 44 heavy (non-hydrogen) atoms. The number of carbonyl (C=O) groups is 1. The summed E-state index contributed by atoms with van der Waals surface area (Å²) in [5.74, 6) is -0.199. The monoisotopic (exact) mass is 621 g/mol. The highest BCUT2D eigenvalue weighted by Crippen LogP contribution is 2.35. The highest BCUT2D eigenvalue weighted by Gasteiger charge is 2.33. The first-order valence-corrected chi connectivity index (χ1v) is 14.9. The zero-order chi connectivity index (χ0) is 32.1. The first-order chi connectivity index (χ1) is 20.7. The van der Waals surface area contributed by atoms with Crippen LogP contribution in [-0.2, 0) is 4.74 Å². The normalized spacial score (nSPS) is 15.7. The summed E-state index contributed by atoms with van der Waals surface area (Å²) in [6.07, 6.45) is -0.415. The number of carbonyl (C=O) groups excluding carboxylic acids is 1. The second-order valence-electron chi connectivity index (χ2n) is 12.4. The van der Waals surface area contributed by atoms with E-state index in [9.17, 15) is 9.59 Å². The number of nitrogen functional groups attached to an aromatic ring is 1. The average Bonchev–Trinajstić information content (AvgIpc) is 2.93. The van der Waals surface area contributed by atoms with Crippen LogP contribution < -0.4 is 16.3 Å². The third kappa shape index (κ3) is 5.93. The summed E-state index contributed by atoms with van der Waals surface area (Å²) >= 11 is 6.43. The fraction of sp³-hybridized carbons (Fsp3) is 0.406. The van der Waals surface area contributed by atoms with Crippen LogP contribution in [0.15, 0.2) is 41.2 Å². The van der Waals surface area contributed by atoms with Crippen LogP contribution in [-0.4, -0.2) is 61.8 Å². The first kappa shape index (κ1) is 31.2. The number of ether oxygens (including phenoxy) is 1. The van der Waals surface area contributed by atoms with Gasteiger partial charge in [0.25, 0.3) is 0 Å². The van der Waals surface area contributed by atoms with Gasteiger partial charge in [-0.05, 0) is 69.9 Å². The molecule has 1 atom stereocenters. The Bertz CT molecular complexity index is 1820. The van der Waals surface area contributed by atoms with E-state index in [4.69, 9.17) is 27.1 Å². The van der Waals surface area contributed by atoms with Gasteiger partial charge in [0.2, 0.25) is 0 Å². The number of nitrogens with zero attached hydrogens (tertiary/aromatic N) is 6. The maximum Gasteiger partial charge on any atom is 0.410 e. The highest BCUT2D eigenvalue weighted by molar-refractivity contribution is 6.33. The third-order valence-corrected chi connectivity index (χ3v) is 7.86. The lowest BCUT2D eigenvalue weighted by Gasteiger charge is -2.41. The molecule has 232 valence electrons. The number of hydrogen-bond donors (Lipinski definition) is 1. The standard InChI is InChI=1S/C32H37ClFN7O3/c1-17(2)20-10-8-9-18(3)27(20)41-29-21(15-23(34)26(37-29)25-22(33)11-12-24(35)36-25)28(38-30(41)42)40-14-13-39(16-19(40)4)31(43)44-32(5,6)7/h8-12,15,17,19H,13-14,16H2,1-7H3,(H2,35,36)/t19-/m0/s1. The number of aryl methyl sites for hydroxylation is 1. The summed E-state index contributed by atoms with van der Waals surface area (Å²) in [4.78, 5) is 43.9. The zero-order valence-electron chi connectivity index (χ0n) is 26.0. The molecule has 0 spiro atoms. The number of anilines is 2. The van der Waals surface area contributed by atoms with Gasteiger partial charge in [-0.3, -0.25) is 0 Å². The second kappa shape index (κ2) is 11.7. The molecule has 0 saturated carbocycles. The lowest BCUT2D eigenvalue weighted by Crippen LogP contribution is -2.55. The molecule has 1 fully saturated rings. The summed E-state index contributed by atoms with van der Waals surface area (Å²) in [6, 6.07) is 9.90. The van der Waals surface area contributed by atoms with Gasteiger partial charge >= 0.3 is 11.8 Å². The minimum Gasteiger partial charge on any atom is -0.444 e. The van der Waals surface area contributed by atoms with Crippen molar-refractivity contribution in [2.24, 2.45) is 0 Å². The van der Waals surface area contributed by atoms with Gasteiger partial charge in [0.15, 0.2) is 11.5 Å². The molecule has 4 heterocycles. The molecular formula is C32H37ClFN7O3. The topological polar surface area (TPSA) is 119 Å². The number of halogens is 2. The van der Waals surface area contributed by atoms with Crippen molar-refractivity contribution in [3.63, 3.8) is 0 Å². The van der Waals surface area contributed by atoms with Gasteiger partial charge in [-0.15, -0.1) is 0 Å². The summed E-state index contributed by atoms with van der Waals surface area (Å²) in [7, 11) is 0. The van der Waals surface area contributed by atoms with Crippen molar-refractivity contribution in [3.8, 4) is 17.1 Å². The van der Waals surface area contributed by atoms with E-state index in [1.54, 1.807) is 4.90 Å². The largest absolute Gasteiger partial charge is 0.444 e. The number of nitrogens with two attached hydrogens (primary N) is 1. The molecule has 1 aliphatic heterocycles. The lowest BCUT2D eigenvalue weighted by atomic mass is 9.98. The zero-order valence-corrected chi connectivity index (χ0v) is 26.7. The SMILES string of the molecule is Cc1cccc(C(C)C)c1-n1c(=O)nc(N2CCN(C(=O)OC(C)(C)C)C[C@@H]2C)c2cc(F)c(-c3nc(N)ccc3Cl)nc21. The Hall–Kier alpha value is -4.25. The molecule has 12 heteroatoms. The van der Waals surface area contributed by atoms with Gasteiger partial charge in [-0.25, -0.2) is 28.5 Å². The number of amides is 1. The number of pyridine rings is 2. The second-order valence-corrected chi connectivity index (χ2v) is 12.9. The fourth-order valence-electron chi connectivity index (χ4n) is 5.53. The molecule has 2 N–H and O–H groups in total. The molecular weight excluding hydrogens is 585 g/mol. The smallest absolute Gasteiger partial charge is 0.410 e. The van der Waals surface area contributed by atoms with Crippen LogP contribution in [0.5, 0.6) is 0 Å². The van der Waals surface area contributed by atoms with Crippen LogP contribution in [0.3, 0.4) is 0 Å². The van der Waals surface area contributed by atoms with E-state index < -0.39 is 23.2 Å². The minimum absolute atomic E-state index is 0.0663. The molecule has 0 bridgehead atoms. The Labute approximate surface area is 260 Å². The van der Waals surface area contributed by atoms with E-state index in [1.165, 1.54) is 22.8 Å². The molecule has 1 aliphatic rings. The Balaban J connectivity index is 1.73. The first-order valence-electron chi connectivity index (χ1n) is 14.6. The van der Waals surface area contributed by atoms with E-state index in [-0.39, 0.29) is 45.7 Å². The maximum atomic E-state index is 16.0. The Kier molecular flexibility index (Phi) is 8.28. The molecule has 1 amide bonds. The number of benzene rings is 1. The van der Waals surface area contributed by atoms with E-state index in [0.717, 1.165) is 11.1 Å². The van der Waals surface area contributed by atoms with Crippen molar-refractivity contribution in [3.05, 3.63) is 68.8 Å². The van der Waals surface area contributed by atoms with E-state index >= 15 is 4.39 Å². The van der Waals surface area contributed by atoms with Crippen LogP contribution >= 0.6 is 11.6 Å². The summed E-state index contributed by atoms with van der Waals surface area (Å²) < 4.78 is 23.0. The van der Waals surface area contributed by atoms with Crippen LogP contribution in [0.2, 0.25) is 5.02 Å². The number of para-hydroxylation sites is 1. The van der Waals surface area contributed by atoms with Gasteiger partial charge in [-0.1, -0.05) is 43.6 Å². The molecule has 0 aliphatic carbocycles. The molecule has 1 aromatic carbocycles. The quantitative estimate of drug-likeness (QED) is 0.291. The molecule has 4 aromatic rings. The number of hydrogen-bond acceptors (Lipinski definition) is 8. The van der Waals surface area contributed by atoms with E-state index in [2.05, 4.69) is 9.97 Å². The van der Waals surface area contributed by atoms with E-state index in [0.29, 0.717) is 30.7 Å². The summed E-state index contributed by atoms with van der Waals surface area (Å²) in [5.41, 5.74) is 7.23. The molecule has 0 unspecified atom stereocenters. The average molecular weight is 622 g/mol. The summed E-state index contributed by atoms with van der Waals surface area (Å²) in [6.45, 7) is 14.4. The van der Waals surface area contributed by atoms with Gasteiger partial charge in [-0.2, -0.15) is 4.98 Å². The Morgan fingerprint density at radius 3 is 2.50 bits per heavy atom. The van der Waals surface area contributed by atoms with Crippen molar-refractivity contribution < 1.29 is 13.9 Å². The molecule has 1 saturated heterocycles. The van der Waals surface area contributed by atoms with Gasteiger partial charge < -0.3 is 20.3 Å². The molecule has 10 nitrogen and oxygen atoms in total. The van der Waals surface area contributed by atoms with Crippen LogP contribution in [0.1, 0.15) is 58.6 Å². The predicted octanol–water partition coefficient (Wildman–Crippen LogP) is 6.09. The third-order valence-electron chi connectivity index (χ3n) is 7.56. The van der Waals surface area contributed by atoms with Crippen LogP contribution in [0.4, 0.5) is 20.8 Å². The summed E-state index contributed by atoms with van der Waals surface area (Å²) in [5, 5.41) is 0.500. The fourth-order valence-corrected chi connectivity index (χ4v) is 5.73. The number of piperazine rings is 1. The lowest BCUT2D eigenvalue weighted by molar-refractivity contribution is 0.0218. The van der Waals surface area contributed by atoms with Crippen molar-refractivity contribution in [1.82, 2.24) is 24.4 Å². The van der Waals surface area contributed by atoms with Crippen LogP contribution in [0, 0.1) is 12.7 Å². The van der Waals surface area contributed by atoms with Crippen molar-refractivity contribution in [1.29, 1.82) is 0 Å². The number of rotatable bonds is 4. The van der Waals surface area contributed by atoms with Gasteiger partial charge in [0, 0.05) is 25.7 Å². The molecule has 3 aromatic heterocycles. The predicted molar refractivity (Wildman–Crippen MR) is 171 cm³/mol. The van der Waals surface area contributed by atoms with Crippen molar-refractivity contribution in [2.75, 3.05) is 30.3 Å². The van der Waals surface area contributed by atoms with Gasteiger partial charge in [0.05, 0.1) is 16.1 Å². The van der Waals surface area contributed by atoms with Crippen molar-refractivity contribution >= 4 is 40.4 Å². The van der Waals surface area contributed by atoms with Crippen LogP contribution in [0.25, 0.3) is 28.1 Å². The molecule has 5 rings (SSSR count). The van der Waals surface area contributed by atoms with Gasteiger partial charge in [0.1, 0.15) is 28.6 Å². The molecule has 0 radical (unpaired) electrons. The Morgan fingerprint density at radius 1 is 1.11 bits per heavy atom. The highest BCUT2D eigenvalue weighted by atomic mass is 35.5. The van der Waals surface area contributed by atoms with E-state index in [1.807, 2.05) is 71.6 Å². The number of fused-ring (bicyclic) bond motifs is 1. The number of aromatic nitrogens is 4. The Morgan fingerprint density at radius 2 is 1.84 bits per heavy atom.